The van der Waals surface area contributed by atoms with Crippen molar-refractivity contribution in [2.24, 2.45) is 0 Å². The summed E-state index contributed by atoms with van der Waals surface area (Å²) in [5.41, 5.74) is 0.886. The molecule has 94 valence electrons. The molecule has 1 N–H and O–H groups in total. The number of amides is 1. The van der Waals surface area contributed by atoms with E-state index < -0.39 is 17.5 Å². The van der Waals surface area contributed by atoms with Crippen molar-refractivity contribution >= 4 is 17.4 Å². The van der Waals surface area contributed by atoms with Crippen LogP contribution in [0.25, 0.3) is 0 Å². The molecule has 18 heavy (non-hydrogen) atoms. The van der Waals surface area contributed by atoms with Gasteiger partial charge in [0.2, 0.25) is 0 Å². The van der Waals surface area contributed by atoms with Gasteiger partial charge in [0.05, 0.1) is 11.3 Å². The topological polar surface area (TPSA) is 49.4 Å². The average Bonchev–Trinajstić information content (AvgIpc) is 2.56. The summed E-state index contributed by atoms with van der Waals surface area (Å²) in [6.45, 7) is 4.42. The van der Waals surface area contributed by atoms with Crippen LogP contribution in [-0.2, 0) is 4.79 Å². The third-order valence-corrected chi connectivity index (χ3v) is 2.75. The maximum absolute atomic E-state index is 13.7. The van der Waals surface area contributed by atoms with E-state index in [4.69, 9.17) is 0 Å². The second kappa shape index (κ2) is 4.70. The molecular weight excluding hydrogens is 235 g/mol. The Morgan fingerprint density at radius 2 is 2.17 bits per heavy atom. The molecule has 1 amide bonds. The fourth-order valence-corrected chi connectivity index (χ4v) is 1.99. The summed E-state index contributed by atoms with van der Waals surface area (Å²) in [6.07, 6.45) is 0. The zero-order valence-electron chi connectivity index (χ0n) is 10.00. The predicted molar refractivity (Wildman–Crippen MR) is 66.2 cm³/mol. The normalized spacial score (nSPS) is 14.0. The van der Waals surface area contributed by atoms with E-state index in [0.29, 0.717) is 12.1 Å². The minimum Gasteiger partial charge on any atom is -0.316 e. The van der Waals surface area contributed by atoms with Gasteiger partial charge in [-0.2, -0.15) is 0 Å². The highest BCUT2D eigenvalue weighted by Gasteiger charge is 2.37. The lowest BCUT2D eigenvalue weighted by Crippen LogP contribution is -2.33. The number of hydrogen-bond donors (Lipinski definition) is 1. The Balaban J connectivity index is 2.36. The summed E-state index contributed by atoms with van der Waals surface area (Å²) in [6, 6.07) is 4.11. The Morgan fingerprint density at radius 1 is 1.44 bits per heavy atom. The summed E-state index contributed by atoms with van der Waals surface area (Å²) >= 11 is 0. The van der Waals surface area contributed by atoms with Crippen molar-refractivity contribution < 1.29 is 14.0 Å². The molecule has 4 nitrogen and oxygen atoms in total. The lowest BCUT2D eigenvalue weighted by Gasteiger charge is -2.18. The van der Waals surface area contributed by atoms with Crippen molar-refractivity contribution in [3.63, 3.8) is 0 Å². The van der Waals surface area contributed by atoms with Gasteiger partial charge in [-0.1, -0.05) is 12.6 Å². The maximum Gasteiger partial charge on any atom is 0.299 e. The van der Waals surface area contributed by atoms with Gasteiger partial charge in [-0.15, -0.1) is 0 Å². The van der Waals surface area contributed by atoms with E-state index >= 15 is 0 Å². The number of ketones is 1. The molecule has 0 bridgehead atoms. The smallest absolute Gasteiger partial charge is 0.299 e. The van der Waals surface area contributed by atoms with Crippen LogP contribution in [0.4, 0.5) is 10.1 Å². The summed E-state index contributed by atoms with van der Waals surface area (Å²) in [5.74, 6) is -1.93. The fraction of sp³-hybridized carbons (Fsp3) is 0.231. The van der Waals surface area contributed by atoms with Crippen LogP contribution in [-0.4, -0.2) is 31.8 Å². The van der Waals surface area contributed by atoms with Crippen molar-refractivity contribution in [2.75, 3.05) is 25.0 Å². The molecule has 1 heterocycles. The van der Waals surface area contributed by atoms with Crippen LogP contribution in [0.15, 0.2) is 30.4 Å². The Labute approximate surface area is 104 Å². The molecule has 1 aromatic carbocycles. The van der Waals surface area contributed by atoms with Gasteiger partial charge >= 0.3 is 0 Å². The van der Waals surface area contributed by atoms with E-state index in [1.165, 1.54) is 18.2 Å². The van der Waals surface area contributed by atoms with Gasteiger partial charge in [-0.05, 0) is 24.8 Å². The number of rotatable bonds is 4. The molecule has 2 rings (SSSR count). The van der Waals surface area contributed by atoms with Crippen LogP contribution in [0, 0.1) is 5.82 Å². The first kappa shape index (κ1) is 12.4. The van der Waals surface area contributed by atoms with E-state index in [9.17, 15) is 14.0 Å². The van der Waals surface area contributed by atoms with Crippen molar-refractivity contribution in [3.8, 4) is 0 Å². The second-order valence-corrected chi connectivity index (χ2v) is 4.14. The quantitative estimate of drug-likeness (QED) is 0.642. The predicted octanol–water partition coefficient (Wildman–Crippen LogP) is 1.13. The Bertz CT molecular complexity index is 540. The zero-order chi connectivity index (χ0) is 13.3. The average molecular weight is 248 g/mol. The summed E-state index contributed by atoms with van der Waals surface area (Å²) in [4.78, 5) is 24.6. The Hall–Kier alpha value is -2.01. The SMILES string of the molecule is C=C(CNC)CN1C(=O)C(=O)c2cccc(F)c21. The van der Waals surface area contributed by atoms with E-state index in [1.54, 1.807) is 7.05 Å². The van der Waals surface area contributed by atoms with Crippen LogP contribution in [0.3, 0.4) is 0 Å². The number of likely N-dealkylation sites (N-methyl/N-ethyl adjacent to an activating group) is 1. The monoisotopic (exact) mass is 248 g/mol. The second-order valence-electron chi connectivity index (χ2n) is 4.14. The molecule has 0 aromatic heterocycles. The highest BCUT2D eigenvalue weighted by Crippen LogP contribution is 2.31. The molecule has 0 atom stereocenters. The Morgan fingerprint density at radius 3 is 2.83 bits per heavy atom. The molecule has 1 aliphatic heterocycles. The van der Waals surface area contributed by atoms with Crippen molar-refractivity contribution in [1.29, 1.82) is 0 Å². The fourth-order valence-electron chi connectivity index (χ4n) is 1.99. The van der Waals surface area contributed by atoms with Crippen molar-refractivity contribution in [3.05, 3.63) is 41.7 Å². The van der Waals surface area contributed by atoms with Crippen LogP contribution in [0.1, 0.15) is 10.4 Å². The first-order chi connectivity index (χ1) is 8.56. The number of para-hydroxylation sites is 1. The van der Waals surface area contributed by atoms with Gasteiger partial charge in [-0.3, -0.25) is 14.5 Å². The van der Waals surface area contributed by atoms with Gasteiger partial charge in [0.15, 0.2) is 0 Å². The number of nitrogens with zero attached hydrogens (tertiary/aromatic N) is 1. The lowest BCUT2D eigenvalue weighted by molar-refractivity contribution is -0.114. The molecule has 1 aromatic rings. The zero-order valence-corrected chi connectivity index (χ0v) is 10.00. The number of benzene rings is 1. The summed E-state index contributed by atoms with van der Waals surface area (Å²) < 4.78 is 13.7. The van der Waals surface area contributed by atoms with Crippen molar-refractivity contribution in [2.45, 2.75) is 0 Å². The van der Waals surface area contributed by atoms with E-state index in [-0.39, 0.29) is 17.8 Å². The minimum absolute atomic E-state index is 0.0600. The third kappa shape index (κ3) is 1.93. The molecular formula is C13H13FN2O2. The number of Topliss-reactive ketones (excluding diaryl/α,β-unsaturated/α-hetero) is 1. The van der Waals surface area contributed by atoms with Crippen LogP contribution in [0.5, 0.6) is 0 Å². The maximum atomic E-state index is 13.7. The van der Waals surface area contributed by atoms with Crippen LogP contribution < -0.4 is 10.2 Å². The highest BCUT2D eigenvalue weighted by molar-refractivity contribution is 6.52. The number of halogens is 1. The molecule has 0 unspecified atom stereocenters. The first-order valence-corrected chi connectivity index (χ1v) is 5.52. The van der Waals surface area contributed by atoms with Gasteiger partial charge in [0.1, 0.15) is 5.82 Å². The third-order valence-electron chi connectivity index (χ3n) is 2.75. The molecule has 0 fully saturated rings. The molecule has 0 saturated carbocycles. The van der Waals surface area contributed by atoms with Gasteiger partial charge < -0.3 is 5.32 Å². The summed E-state index contributed by atoms with van der Waals surface area (Å²) in [7, 11) is 1.75. The first-order valence-electron chi connectivity index (χ1n) is 5.52. The van der Waals surface area contributed by atoms with Crippen LogP contribution in [0.2, 0.25) is 0 Å². The number of anilines is 1. The standard InChI is InChI=1S/C13H13FN2O2/c1-8(6-15-2)7-16-11-9(12(17)13(16)18)4-3-5-10(11)14/h3-5,15H,1,6-7H2,2H3. The van der Waals surface area contributed by atoms with E-state index in [2.05, 4.69) is 11.9 Å². The molecule has 5 heteroatoms. The van der Waals surface area contributed by atoms with E-state index in [1.807, 2.05) is 0 Å². The van der Waals surface area contributed by atoms with Gasteiger partial charge in [0, 0.05) is 13.1 Å². The molecule has 0 aliphatic carbocycles. The Kier molecular flexibility index (Phi) is 3.25. The number of carbonyl (C=O) groups is 2. The van der Waals surface area contributed by atoms with Gasteiger partial charge in [-0.25, -0.2) is 4.39 Å². The lowest BCUT2D eigenvalue weighted by atomic mass is 10.1. The van der Waals surface area contributed by atoms with E-state index in [0.717, 1.165) is 4.90 Å². The molecule has 1 aliphatic rings. The molecule has 0 radical (unpaired) electrons. The molecule has 0 saturated heterocycles. The molecule has 0 spiro atoms. The number of hydrogen-bond acceptors (Lipinski definition) is 3. The number of carbonyl (C=O) groups excluding carboxylic acids is 2. The number of fused-ring (bicyclic) bond motifs is 1. The minimum atomic E-state index is -0.702. The number of nitrogens with one attached hydrogen (secondary N) is 1. The largest absolute Gasteiger partial charge is 0.316 e. The van der Waals surface area contributed by atoms with Crippen LogP contribution >= 0.6 is 0 Å². The summed E-state index contributed by atoms with van der Waals surface area (Å²) in [5, 5.41) is 2.89. The highest BCUT2D eigenvalue weighted by atomic mass is 19.1. The van der Waals surface area contributed by atoms with Gasteiger partial charge in [0.25, 0.3) is 11.7 Å². The van der Waals surface area contributed by atoms with Crippen molar-refractivity contribution in [1.82, 2.24) is 5.32 Å².